The van der Waals surface area contributed by atoms with Crippen LogP contribution in [0, 0.1) is 5.92 Å². The number of likely N-dealkylation sites (tertiary alicyclic amines) is 1. The van der Waals surface area contributed by atoms with E-state index < -0.39 is 0 Å². The van der Waals surface area contributed by atoms with Gasteiger partial charge >= 0.3 is 0 Å². The van der Waals surface area contributed by atoms with E-state index in [9.17, 15) is 14.4 Å². The van der Waals surface area contributed by atoms with Gasteiger partial charge in [-0.25, -0.2) is 4.98 Å². The van der Waals surface area contributed by atoms with Crippen molar-refractivity contribution < 1.29 is 9.59 Å². The second kappa shape index (κ2) is 7.44. The molecule has 0 N–H and O–H groups in total. The van der Waals surface area contributed by atoms with Crippen LogP contribution in [0.5, 0.6) is 0 Å². The molecule has 1 aromatic heterocycles. The van der Waals surface area contributed by atoms with E-state index >= 15 is 0 Å². The minimum absolute atomic E-state index is 0.00561. The summed E-state index contributed by atoms with van der Waals surface area (Å²) in [5.74, 6) is 0.665. The Morgan fingerprint density at radius 1 is 1.15 bits per heavy atom. The summed E-state index contributed by atoms with van der Waals surface area (Å²) in [6, 6.07) is 0.352. The number of rotatable bonds is 2. The SMILES string of the molecule is CC(=O)N1CCc2c(ncn(CC(=O)N3CCC[C@@H]4CCCC[C@@H]43)c2=O)C1. The average molecular weight is 372 g/mol. The maximum absolute atomic E-state index is 13.0. The lowest BCUT2D eigenvalue weighted by molar-refractivity contribution is -0.138. The van der Waals surface area contributed by atoms with Crippen LogP contribution in [-0.4, -0.2) is 50.3 Å². The monoisotopic (exact) mass is 372 g/mol. The van der Waals surface area contributed by atoms with Crippen LogP contribution in [0.4, 0.5) is 0 Å². The molecular weight excluding hydrogens is 344 g/mol. The summed E-state index contributed by atoms with van der Waals surface area (Å²) < 4.78 is 1.46. The van der Waals surface area contributed by atoms with Crippen molar-refractivity contribution in [3.63, 3.8) is 0 Å². The largest absolute Gasteiger partial charge is 0.338 e. The first-order valence-electron chi connectivity index (χ1n) is 10.2. The van der Waals surface area contributed by atoms with Gasteiger partial charge in [0.15, 0.2) is 0 Å². The molecule has 3 heterocycles. The van der Waals surface area contributed by atoms with Gasteiger partial charge in [0.2, 0.25) is 11.8 Å². The van der Waals surface area contributed by atoms with Crippen molar-refractivity contribution in [3.05, 3.63) is 27.9 Å². The van der Waals surface area contributed by atoms with E-state index in [4.69, 9.17) is 0 Å². The highest BCUT2D eigenvalue weighted by molar-refractivity contribution is 5.76. The smallest absolute Gasteiger partial charge is 0.257 e. The number of amides is 2. The van der Waals surface area contributed by atoms with Crippen LogP contribution in [0.15, 0.2) is 11.1 Å². The summed E-state index contributed by atoms with van der Waals surface area (Å²) in [6.07, 6.45) is 9.05. The van der Waals surface area contributed by atoms with Crippen LogP contribution in [0.2, 0.25) is 0 Å². The molecule has 0 unspecified atom stereocenters. The van der Waals surface area contributed by atoms with Crippen molar-refractivity contribution in [1.82, 2.24) is 19.4 Å². The molecule has 1 saturated heterocycles. The molecule has 4 rings (SSSR count). The van der Waals surface area contributed by atoms with Gasteiger partial charge in [0.05, 0.1) is 18.6 Å². The quantitative estimate of drug-likeness (QED) is 0.785. The Balaban J connectivity index is 1.50. The average Bonchev–Trinajstić information content (AvgIpc) is 2.69. The normalized spacial score (nSPS) is 24.9. The lowest BCUT2D eigenvalue weighted by Crippen LogP contribution is -2.51. The number of aromatic nitrogens is 2. The number of hydrogen-bond donors (Lipinski definition) is 0. The minimum Gasteiger partial charge on any atom is -0.338 e. The molecular formula is C20H28N4O3. The number of carbonyl (C=O) groups excluding carboxylic acids is 2. The summed E-state index contributed by atoms with van der Waals surface area (Å²) in [5.41, 5.74) is 1.18. The number of piperidine rings is 1. The zero-order valence-electron chi connectivity index (χ0n) is 16.0. The molecule has 1 aliphatic carbocycles. The van der Waals surface area contributed by atoms with Crippen LogP contribution in [0.1, 0.15) is 56.7 Å². The van der Waals surface area contributed by atoms with Crippen molar-refractivity contribution in [2.24, 2.45) is 5.92 Å². The molecule has 1 saturated carbocycles. The van der Waals surface area contributed by atoms with Gasteiger partial charge in [-0.2, -0.15) is 0 Å². The molecule has 2 fully saturated rings. The third-order valence-corrected chi connectivity index (χ3v) is 6.51. The maximum atomic E-state index is 13.0. The second-order valence-corrected chi connectivity index (χ2v) is 8.13. The van der Waals surface area contributed by atoms with E-state index in [0.29, 0.717) is 42.7 Å². The van der Waals surface area contributed by atoms with Gasteiger partial charge < -0.3 is 9.80 Å². The molecule has 0 aromatic carbocycles. The second-order valence-electron chi connectivity index (χ2n) is 8.13. The predicted octanol–water partition coefficient (Wildman–Crippen LogP) is 1.33. The topological polar surface area (TPSA) is 75.5 Å². The highest BCUT2D eigenvalue weighted by Gasteiger charge is 2.35. The molecule has 2 atom stereocenters. The lowest BCUT2D eigenvalue weighted by atomic mass is 9.78. The predicted molar refractivity (Wildman–Crippen MR) is 100.0 cm³/mol. The highest BCUT2D eigenvalue weighted by Crippen LogP contribution is 2.35. The molecule has 1 aromatic rings. The fourth-order valence-corrected chi connectivity index (χ4v) is 5.01. The third kappa shape index (κ3) is 3.51. The molecule has 7 heteroatoms. The van der Waals surface area contributed by atoms with Crippen molar-refractivity contribution in [2.45, 2.75) is 71.0 Å². The van der Waals surface area contributed by atoms with Gasteiger partial charge in [0.25, 0.3) is 5.56 Å². The number of carbonyl (C=O) groups is 2. The molecule has 146 valence electrons. The Kier molecular flexibility index (Phi) is 5.02. The number of fused-ring (bicyclic) bond motifs is 2. The van der Waals surface area contributed by atoms with Gasteiger partial charge in [-0.05, 0) is 38.0 Å². The van der Waals surface area contributed by atoms with Crippen LogP contribution < -0.4 is 5.56 Å². The first-order chi connectivity index (χ1) is 13.0. The zero-order chi connectivity index (χ0) is 19.0. The van der Waals surface area contributed by atoms with Crippen molar-refractivity contribution >= 4 is 11.8 Å². The van der Waals surface area contributed by atoms with E-state index in [1.165, 1.54) is 43.5 Å². The highest BCUT2D eigenvalue weighted by atomic mass is 16.2. The van der Waals surface area contributed by atoms with Crippen LogP contribution >= 0.6 is 0 Å². The third-order valence-electron chi connectivity index (χ3n) is 6.51. The summed E-state index contributed by atoms with van der Waals surface area (Å²) in [5, 5.41) is 0. The Bertz CT molecular complexity index is 801. The molecule has 7 nitrogen and oxygen atoms in total. The minimum atomic E-state index is -0.131. The Labute approximate surface area is 159 Å². The molecule has 0 bridgehead atoms. The van der Waals surface area contributed by atoms with Crippen LogP contribution in [0.25, 0.3) is 0 Å². The van der Waals surface area contributed by atoms with Gasteiger partial charge in [0.1, 0.15) is 6.54 Å². The van der Waals surface area contributed by atoms with E-state index in [1.807, 2.05) is 4.90 Å². The number of nitrogens with zero attached hydrogens (tertiary/aromatic N) is 4. The van der Waals surface area contributed by atoms with Crippen molar-refractivity contribution in [1.29, 1.82) is 0 Å². The van der Waals surface area contributed by atoms with Gasteiger partial charge in [-0.1, -0.05) is 12.8 Å². The molecule has 0 spiro atoms. The molecule has 27 heavy (non-hydrogen) atoms. The summed E-state index contributed by atoms with van der Waals surface area (Å²) in [6.45, 7) is 3.32. The van der Waals surface area contributed by atoms with Crippen LogP contribution in [-0.2, 0) is 29.1 Å². The van der Waals surface area contributed by atoms with Gasteiger partial charge in [-0.15, -0.1) is 0 Å². The van der Waals surface area contributed by atoms with Crippen molar-refractivity contribution in [2.75, 3.05) is 13.1 Å². The number of hydrogen-bond acceptors (Lipinski definition) is 4. The van der Waals surface area contributed by atoms with Gasteiger partial charge in [-0.3, -0.25) is 19.0 Å². The van der Waals surface area contributed by atoms with E-state index in [2.05, 4.69) is 4.98 Å². The summed E-state index contributed by atoms with van der Waals surface area (Å²) >= 11 is 0. The Morgan fingerprint density at radius 3 is 2.74 bits per heavy atom. The first kappa shape index (κ1) is 18.2. The van der Waals surface area contributed by atoms with Crippen molar-refractivity contribution in [3.8, 4) is 0 Å². The molecule has 2 amide bonds. The zero-order valence-corrected chi connectivity index (χ0v) is 16.0. The van der Waals surface area contributed by atoms with E-state index in [0.717, 1.165) is 19.4 Å². The summed E-state index contributed by atoms with van der Waals surface area (Å²) in [4.78, 5) is 45.5. The standard InChI is InChI=1S/C20H28N4O3/c1-14(25)22-10-8-16-17(11-22)21-13-23(20(16)27)12-19(26)24-9-4-6-15-5-2-3-7-18(15)24/h13,15,18H,2-12H2,1H3/t15-,18-/m0/s1. The van der Waals surface area contributed by atoms with Gasteiger partial charge in [0, 0.05) is 31.6 Å². The Hall–Kier alpha value is -2.18. The molecule has 0 radical (unpaired) electrons. The molecule has 2 aliphatic heterocycles. The van der Waals surface area contributed by atoms with Crippen LogP contribution in [0.3, 0.4) is 0 Å². The maximum Gasteiger partial charge on any atom is 0.257 e. The Morgan fingerprint density at radius 2 is 1.93 bits per heavy atom. The van der Waals surface area contributed by atoms with E-state index in [-0.39, 0.29) is 23.9 Å². The fourth-order valence-electron chi connectivity index (χ4n) is 5.01. The van der Waals surface area contributed by atoms with E-state index in [1.54, 1.807) is 4.90 Å². The summed E-state index contributed by atoms with van der Waals surface area (Å²) in [7, 11) is 0. The molecule has 3 aliphatic rings. The lowest BCUT2D eigenvalue weighted by Gasteiger charge is -2.44. The first-order valence-corrected chi connectivity index (χ1v) is 10.2. The fraction of sp³-hybridized carbons (Fsp3) is 0.700.